The summed E-state index contributed by atoms with van der Waals surface area (Å²) in [6, 6.07) is 10.6. The van der Waals surface area contributed by atoms with E-state index in [1.54, 1.807) is 11.8 Å². The minimum Gasteiger partial charge on any atom is -0.488 e. The molecule has 2 aliphatic rings. The number of rotatable bonds is 11. The summed E-state index contributed by atoms with van der Waals surface area (Å²) in [4.78, 5) is 12.8. The van der Waals surface area contributed by atoms with Gasteiger partial charge in [-0.15, -0.1) is 11.8 Å². The number of aliphatic hydroxyl groups is 1. The quantitative estimate of drug-likeness (QED) is 0.389. The maximum Gasteiger partial charge on any atom is 0.311 e. The molecule has 4 rings (SSSR count). The van der Waals surface area contributed by atoms with Gasteiger partial charge in [-0.05, 0) is 75.6 Å². The number of hydrogen-bond donors (Lipinski definition) is 3. The Hall–Kier alpha value is -2.06. The third-order valence-corrected chi connectivity index (χ3v) is 8.05. The fourth-order valence-corrected chi connectivity index (χ4v) is 5.79. The first-order chi connectivity index (χ1) is 16.5. The zero-order valence-electron chi connectivity index (χ0n) is 21.4. The molecule has 7 heteroatoms. The minimum absolute atomic E-state index is 0.107. The highest BCUT2D eigenvalue weighted by atomic mass is 32.2. The monoisotopic (exact) mass is 499 g/mol. The van der Waals surface area contributed by atoms with Crippen LogP contribution in [0.2, 0.25) is 0 Å². The number of benzene rings is 2. The van der Waals surface area contributed by atoms with Crippen molar-refractivity contribution in [1.29, 1.82) is 0 Å². The van der Waals surface area contributed by atoms with Gasteiger partial charge in [-0.1, -0.05) is 24.3 Å². The molecule has 35 heavy (non-hydrogen) atoms. The van der Waals surface area contributed by atoms with Crippen molar-refractivity contribution in [3.63, 3.8) is 0 Å². The highest BCUT2D eigenvalue weighted by molar-refractivity contribution is 7.98. The van der Waals surface area contributed by atoms with Crippen LogP contribution in [0.4, 0.5) is 0 Å². The molecule has 1 heterocycles. The van der Waals surface area contributed by atoms with Gasteiger partial charge >= 0.3 is 5.97 Å². The smallest absolute Gasteiger partial charge is 0.311 e. The van der Waals surface area contributed by atoms with Gasteiger partial charge in [0.2, 0.25) is 0 Å². The number of carboxylic acids is 1. The molecule has 2 aromatic carbocycles. The first kappa shape index (κ1) is 26.0. The second-order valence-corrected chi connectivity index (χ2v) is 11.4. The fourth-order valence-electron chi connectivity index (χ4n) is 5.20. The van der Waals surface area contributed by atoms with E-state index in [9.17, 15) is 15.0 Å². The number of aliphatic carboxylic acids is 1. The van der Waals surface area contributed by atoms with Crippen molar-refractivity contribution in [1.82, 2.24) is 5.32 Å². The predicted octanol–water partition coefficient (Wildman–Crippen LogP) is 4.63. The summed E-state index contributed by atoms with van der Waals surface area (Å²) in [5.41, 5.74) is 5.30. The molecule has 0 bridgehead atoms. The van der Waals surface area contributed by atoms with E-state index < -0.39 is 18.0 Å². The number of hydrogen-bond acceptors (Lipinski definition) is 6. The summed E-state index contributed by atoms with van der Waals surface area (Å²) in [7, 11) is 0. The maximum atomic E-state index is 11.5. The van der Waals surface area contributed by atoms with E-state index in [1.807, 2.05) is 26.0 Å². The molecule has 1 saturated carbocycles. The standard InChI is InChI=1S/C28H37NO5S/c1-15-7-9-20(22-23-24(27(31)32)26(23)34-25(15)22)17(3)33-14-19(30)13-29-28(4,5)12-18-8-10-21(35-6)16(2)11-18/h7-11,17,19,23-24,26,29-30H,12-14H2,1-6H3,(H,31,32)/t17-,19?,23+,24+,26+/m1/s1. The lowest BCUT2D eigenvalue weighted by Crippen LogP contribution is -2.46. The average molecular weight is 500 g/mol. The molecular formula is C28H37NO5S. The van der Waals surface area contributed by atoms with Crippen LogP contribution in [0.15, 0.2) is 35.2 Å². The zero-order chi connectivity index (χ0) is 25.5. The number of ether oxygens (including phenoxy) is 2. The second-order valence-electron chi connectivity index (χ2n) is 10.6. The molecule has 1 unspecified atom stereocenters. The number of aryl methyl sites for hydroxylation is 2. The van der Waals surface area contributed by atoms with Gasteiger partial charge in [0.1, 0.15) is 17.8 Å². The van der Waals surface area contributed by atoms with E-state index in [2.05, 4.69) is 50.5 Å². The molecule has 6 nitrogen and oxygen atoms in total. The molecule has 2 aromatic rings. The van der Waals surface area contributed by atoms with Gasteiger partial charge in [0.25, 0.3) is 0 Å². The summed E-state index contributed by atoms with van der Waals surface area (Å²) in [6.45, 7) is 10.9. The number of fused-ring (bicyclic) bond motifs is 3. The number of thioether (sulfide) groups is 1. The number of aliphatic hydroxyl groups excluding tert-OH is 1. The molecule has 5 atom stereocenters. The van der Waals surface area contributed by atoms with Gasteiger partial charge < -0.3 is 25.0 Å². The van der Waals surface area contributed by atoms with Crippen LogP contribution < -0.4 is 10.1 Å². The van der Waals surface area contributed by atoms with Crippen molar-refractivity contribution >= 4 is 17.7 Å². The van der Waals surface area contributed by atoms with Crippen molar-refractivity contribution in [2.75, 3.05) is 19.4 Å². The topological polar surface area (TPSA) is 88.0 Å². The zero-order valence-corrected chi connectivity index (χ0v) is 22.2. The molecule has 0 spiro atoms. The summed E-state index contributed by atoms with van der Waals surface area (Å²) >= 11 is 1.76. The van der Waals surface area contributed by atoms with Crippen molar-refractivity contribution in [3.8, 4) is 5.75 Å². The van der Waals surface area contributed by atoms with Crippen LogP contribution in [0, 0.1) is 19.8 Å². The Morgan fingerprint density at radius 2 is 1.97 bits per heavy atom. The fraction of sp³-hybridized carbons (Fsp3) is 0.536. The van der Waals surface area contributed by atoms with Gasteiger partial charge in [-0.25, -0.2) is 0 Å². The van der Waals surface area contributed by atoms with Gasteiger partial charge in [-0.2, -0.15) is 0 Å². The summed E-state index contributed by atoms with van der Waals surface area (Å²) in [5, 5.41) is 23.5. The second kappa shape index (κ2) is 10.1. The maximum absolute atomic E-state index is 11.5. The SMILES string of the molecule is CSc1ccc(CC(C)(C)NCC(O)CO[C@H](C)c2ccc(C)c3c2[C@@H]2[C@H](O3)[C@H]2C(=O)O)cc1C. The molecule has 0 amide bonds. The van der Waals surface area contributed by atoms with Crippen LogP contribution in [-0.4, -0.2) is 53.3 Å². The lowest BCUT2D eigenvalue weighted by molar-refractivity contribution is -0.139. The first-order valence-corrected chi connectivity index (χ1v) is 13.5. The van der Waals surface area contributed by atoms with Crippen molar-refractivity contribution < 1.29 is 24.5 Å². The highest BCUT2D eigenvalue weighted by Gasteiger charge is 2.64. The molecule has 0 radical (unpaired) electrons. The molecule has 3 N–H and O–H groups in total. The number of nitrogens with one attached hydrogen (secondary N) is 1. The van der Waals surface area contributed by atoms with Crippen molar-refractivity contribution in [3.05, 3.63) is 58.1 Å². The van der Waals surface area contributed by atoms with Crippen LogP contribution in [0.5, 0.6) is 5.75 Å². The van der Waals surface area contributed by atoms with Crippen molar-refractivity contribution in [2.24, 2.45) is 5.92 Å². The van der Waals surface area contributed by atoms with Crippen LogP contribution in [0.3, 0.4) is 0 Å². The van der Waals surface area contributed by atoms with E-state index >= 15 is 0 Å². The lowest BCUT2D eigenvalue weighted by Gasteiger charge is -2.29. The van der Waals surface area contributed by atoms with Crippen LogP contribution >= 0.6 is 11.8 Å². The summed E-state index contributed by atoms with van der Waals surface area (Å²) in [6.07, 6.45) is 1.74. The first-order valence-electron chi connectivity index (χ1n) is 12.2. The third-order valence-electron chi connectivity index (χ3n) is 7.15. The number of carbonyl (C=O) groups is 1. The van der Waals surface area contributed by atoms with E-state index in [4.69, 9.17) is 9.47 Å². The van der Waals surface area contributed by atoms with Crippen LogP contribution in [0.1, 0.15) is 60.6 Å². The Morgan fingerprint density at radius 3 is 2.63 bits per heavy atom. The van der Waals surface area contributed by atoms with Crippen LogP contribution in [0.25, 0.3) is 0 Å². The Morgan fingerprint density at radius 1 is 1.23 bits per heavy atom. The van der Waals surface area contributed by atoms with Gasteiger partial charge in [0.15, 0.2) is 0 Å². The Balaban J connectivity index is 1.31. The molecule has 0 saturated heterocycles. The van der Waals surface area contributed by atoms with E-state index in [1.165, 1.54) is 16.0 Å². The van der Waals surface area contributed by atoms with Crippen molar-refractivity contribution in [2.45, 2.75) is 75.7 Å². The molecule has 0 aromatic heterocycles. The molecule has 190 valence electrons. The Labute approximate surface area is 212 Å². The van der Waals surface area contributed by atoms with Gasteiger partial charge in [0, 0.05) is 28.5 Å². The summed E-state index contributed by atoms with van der Waals surface area (Å²) < 4.78 is 12.0. The van der Waals surface area contributed by atoms with Gasteiger partial charge in [-0.3, -0.25) is 4.79 Å². The predicted molar refractivity (Wildman–Crippen MR) is 139 cm³/mol. The average Bonchev–Trinajstić information content (AvgIpc) is 3.38. The molecular weight excluding hydrogens is 462 g/mol. The minimum atomic E-state index is -0.814. The molecule has 1 aliphatic heterocycles. The largest absolute Gasteiger partial charge is 0.488 e. The van der Waals surface area contributed by atoms with E-state index in [0.29, 0.717) is 6.54 Å². The van der Waals surface area contributed by atoms with E-state index in [-0.39, 0.29) is 30.3 Å². The number of carboxylic acid groups (broad SMARTS) is 1. The Bertz CT molecular complexity index is 1100. The third kappa shape index (κ3) is 5.53. The molecule has 1 fully saturated rings. The Kier molecular flexibility index (Phi) is 7.53. The normalized spacial score (nSPS) is 22.2. The molecule has 1 aliphatic carbocycles. The highest BCUT2D eigenvalue weighted by Crippen LogP contribution is 2.61. The lowest BCUT2D eigenvalue weighted by atomic mass is 9.94. The van der Waals surface area contributed by atoms with Crippen LogP contribution in [-0.2, 0) is 16.0 Å². The summed E-state index contributed by atoms with van der Waals surface area (Å²) in [5.74, 6) is -0.598. The van der Waals surface area contributed by atoms with Gasteiger partial charge in [0.05, 0.1) is 18.8 Å². The number of β-amino-alcohol motifs (C(OH)–C–C–N with tert-alkyl or cyclic N) is 1. The van der Waals surface area contributed by atoms with E-state index in [0.717, 1.165) is 28.9 Å².